The summed E-state index contributed by atoms with van der Waals surface area (Å²) < 4.78 is 1.31. The molecule has 0 aliphatic heterocycles. The number of halogens is 2. The molecule has 3 N–H and O–H groups in total. The number of pyridine rings is 1. The number of rotatable bonds is 3. The first-order valence-corrected chi connectivity index (χ1v) is 6.84. The molecule has 2 aromatic rings. The van der Waals surface area contributed by atoms with Crippen molar-refractivity contribution in [3.63, 3.8) is 0 Å². The number of nitrogens with two attached hydrogens (primary N) is 1. The lowest BCUT2D eigenvalue weighted by atomic mass is 10.2. The van der Waals surface area contributed by atoms with E-state index in [1.807, 2.05) is 0 Å². The molecule has 110 valence electrons. The molecule has 0 spiro atoms. The fraction of sp³-hybridized carbons (Fsp3) is 0.143. The van der Waals surface area contributed by atoms with E-state index in [4.69, 9.17) is 28.9 Å². The molecule has 2 rings (SSSR count). The van der Waals surface area contributed by atoms with Gasteiger partial charge in [0.15, 0.2) is 0 Å². The predicted molar refractivity (Wildman–Crippen MR) is 84.9 cm³/mol. The average Bonchev–Trinajstić information content (AvgIpc) is 2.39. The number of hydrogen-bond acceptors (Lipinski definition) is 3. The Bertz CT molecular complexity index is 733. The van der Waals surface area contributed by atoms with E-state index in [2.05, 4.69) is 5.32 Å². The van der Waals surface area contributed by atoms with Crippen LogP contribution in [0.5, 0.6) is 0 Å². The Morgan fingerprint density at radius 1 is 1.33 bits per heavy atom. The summed E-state index contributed by atoms with van der Waals surface area (Å²) in [6, 6.07) is 6.36. The van der Waals surface area contributed by atoms with Gasteiger partial charge in [-0.2, -0.15) is 0 Å². The van der Waals surface area contributed by atoms with Gasteiger partial charge in [0.25, 0.3) is 5.56 Å². The van der Waals surface area contributed by atoms with Gasteiger partial charge >= 0.3 is 0 Å². The summed E-state index contributed by atoms with van der Waals surface area (Å²) in [6.45, 7) is 1.56. The van der Waals surface area contributed by atoms with Gasteiger partial charge in [-0.25, -0.2) is 0 Å². The van der Waals surface area contributed by atoms with Crippen LogP contribution in [-0.2, 0) is 11.3 Å². The quantitative estimate of drug-likeness (QED) is 0.852. The molecule has 5 nitrogen and oxygen atoms in total. The van der Waals surface area contributed by atoms with Gasteiger partial charge in [-0.05, 0) is 25.1 Å². The third-order valence-electron chi connectivity index (χ3n) is 2.85. The standard InChI is InChI=1S/C14H13Cl2N3O2/c1-8-3-2-4-19(14(8)21)7-12(20)18-13-10(15)5-9(17)6-11(13)16/h2-6H,7,17H2,1H3,(H,18,20). The topological polar surface area (TPSA) is 77.1 Å². The first kappa shape index (κ1) is 15.4. The molecule has 7 heteroatoms. The second-order valence-corrected chi connectivity index (χ2v) is 5.35. The molecule has 1 aromatic heterocycles. The number of nitrogens with one attached hydrogen (secondary N) is 1. The number of nitrogen functional groups attached to an aromatic ring is 1. The number of carbonyl (C=O) groups excluding carboxylic acids is 1. The fourth-order valence-corrected chi connectivity index (χ4v) is 2.43. The molecular formula is C14H13Cl2N3O2. The molecule has 1 aromatic carbocycles. The van der Waals surface area contributed by atoms with Crippen molar-refractivity contribution in [2.24, 2.45) is 0 Å². The first-order chi connectivity index (χ1) is 9.88. The van der Waals surface area contributed by atoms with Crippen LogP contribution in [0.15, 0.2) is 35.3 Å². The predicted octanol–water partition coefficient (Wildman–Crippen LogP) is 2.68. The molecule has 0 saturated heterocycles. The van der Waals surface area contributed by atoms with Crippen LogP contribution >= 0.6 is 23.2 Å². The zero-order chi connectivity index (χ0) is 15.6. The Kier molecular flexibility index (Phi) is 4.55. The van der Waals surface area contributed by atoms with Crippen LogP contribution in [0.25, 0.3) is 0 Å². The van der Waals surface area contributed by atoms with Crippen molar-refractivity contribution in [1.29, 1.82) is 0 Å². The monoisotopic (exact) mass is 325 g/mol. The Hall–Kier alpha value is -1.98. The van der Waals surface area contributed by atoms with Crippen molar-refractivity contribution in [2.75, 3.05) is 11.1 Å². The number of hydrogen-bond donors (Lipinski definition) is 2. The highest BCUT2D eigenvalue weighted by Crippen LogP contribution is 2.32. The molecular weight excluding hydrogens is 313 g/mol. The Labute approximate surface area is 131 Å². The summed E-state index contributed by atoms with van der Waals surface area (Å²) in [6.07, 6.45) is 1.54. The number of carbonyl (C=O) groups is 1. The molecule has 0 radical (unpaired) electrons. The second-order valence-electron chi connectivity index (χ2n) is 4.53. The largest absolute Gasteiger partial charge is 0.399 e. The van der Waals surface area contributed by atoms with Crippen molar-refractivity contribution < 1.29 is 4.79 Å². The van der Waals surface area contributed by atoms with Gasteiger partial charge in [-0.3, -0.25) is 9.59 Å². The zero-order valence-corrected chi connectivity index (χ0v) is 12.7. The lowest BCUT2D eigenvalue weighted by molar-refractivity contribution is -0.116. The van der Waals surface area contributed by atoms with Crippen molar-refractivity contribution in [3.05, 3.63) is 56.4 Å². The van der Waals surface area contributed by atoms with Gasteiger partial charge in [-0.1, -0.05) is 29.3 Å². The van der Waals surface area contributed by atoms with Crippen molar-refractivity contribution in [1.82, 2.24) is 4.57 Å². The molecule has 21 heavy (non-hydrogen) atoms. The second kappa shape index (κ2) is 6.20. The number of aryl methyl sites for hydroxylation is 1. The maximum Gasteiger partial charge on any atom is 0.253 e. The van der Waals surface area contributed by atoms with Crippen LogP contribution < -0.4 is 16.6 Å². The van der Waals surface area contributed by atoms with Crippen LogP contribution in [0.4, 0.5) is 11.4 Å². The SMILES string of the molecule is Cc1cccn(CC(=O)Nc2c(Cl)cc(N)cc2Cl)c1=O. The average molecular weight is 326 g/mol. The number of anilines is 2. The van der Waals surface area contributed by atoms with E-state index in [1.165, 1.54) is 16.7 Å². The third-order valence-corrected chi connectivity index (χ3v) is 3.45. The number of nitrogens with zero attached hydrogens (tertiary/aromatic N) is 1. The van der Waals surface area contributed by atoms with Crippen molar-refractivity contribution in [2.45, 2.75) is 13.5 Å². The molecule has 0 atom stereocenters. The highest BCUT2D eigenvalue weighted by atomic mass is 35.5. The zero-order valence-electron chi connectivity index (χ0n) is 11.2. The van der Waals surface area contributed by atoms with E-state index < -0.39 is 5.91 Å². The van der Waals surface area contributed by atoms with Gasteiger partial charge in [-0.15, -0.1) is 0 Å². The van der Waals surface area contributed by atoms with Crippen LogP contribution in [0, 0.1) is 6.92 Å². The Balaban J connectivity index is 2.20. The molecule has 1 amide bonds. The third kappa shape index (κ3) is 3.56. The van der Waals surface area contributed by atoms with Gasteiger partial charge in [0.2, 0.25) is 5.91 Å². The summed E-state index contributed by atoms with van der Waals surface area (Å²) in [5.74, 6) is -0.406. The summed E-state index contributed by atoms with van der Waals surface area (Å²) >= 11 is 12.0. The summed E-state index contributed by atoms with van der Waals surface area (Å²) in [4.78, 5) is 23.9. The van der Waals surface area contributed by atoms with E-state index in [-0.39, 0.29) is 27.8 Å². The van der Waals surface area contributed by atoms with E-state index in [0.29, 0.717) is 11.3 Å². The minimum absolute atomic E-state index is 0.127. The number of benzene rings is 1. The number of amides is 1. The van der Waals surface area contributed by atoms with Gasteiger partial charge < -0.3 is 15.6 Å². The lowest BCUT2D eigenvalue weighted by Crippen LogP contribution is -2.28. The molecule has 1 heterocycles. The summed E-state index contributed by atoms with van der Waals surface area (Å²) in [5, 5.41) is 3.06. The Morgan fingerprint density at radius 2 is 1.95 bits per heavy atom. The van der Waals surface area contributed by atoms with Crippen LogP contribution in [0.1, 0.15) is 5.56 Å². The van der Waals surface area contributed by atoms with Crippen molar-refractivity contribution in [3.8, 4) is 0 Å². The highest BCUT2D eigenvalue weighted by molar-refractivity contribution is 6.40. The maximum atomic E-state index is 12.0. The van der Waals surface area contributed by atoms with Crippen LogP contribution in [-0.4, -0.2) is 10.5 Å². The summed E-state index contributed by atoms with van der Waals surface area (Å²) in [5.41, 5.74) is 6.61. The number of aromatic nitrogens is 1. The molecule has 0 aliphatic rings. The van der Waals surface area contributed by atoms with E-state index in [9.17, 15) is 9.59 Å². The van der Waals surface area contributed by atoms with E-state index in [1.54, 1.807) is 25.3 Å². The van der Waals surface area contributed by atoms with Crippen molar-refractivity contribution >= 4 is 40.5 Å². The smallest absolute Gasteiger partial charge is 0.253 e. The minimum Gasteiger partial charge on any atom is -0.399 e. The normalized spacial score (nSPS) is 10.4. The first-order valence-electron chi connectivity index (χ1n) is 6.09. The molecule has 0 bridgehead atoms. The fourth-order valence-electron chi connectivity index (χ4n) is 1.83. The molecule has 0 saturated carbocycles. The van der Waals surface area contributed by atoms with E-state index in [0.717, 1.165) is 0 Å². The van der Waals surface area contributed by atoms with E-state index >= 15 is 0 Å². The van der Waals surface area contributed by atoms with Crippen LogP contribution in [0.3, 0.4) is 0 Å². The Morgan fingerprint density at radius 3 is 2.57 bits per heavy atom. The van der Waals surface area contributed by atoms with Crippen LogP contribution in [0.2, 0.25) is 10.0 Å². The maximum absolute atomic E-state index is 12.0. The molecule has 0 unspecified atom stereocenters. The van der Waals surface area contributed by atoms with Gasteiger partial charge in [0.05, 0.1) is 15.7 Å². The van der Waals surface area contributed by atoms with Gasteiger partial charge in [0.1, 0.15) is 6.54 Å². The molecule has 0 fully saturated rings. The molecule has 0 aliphatic carbocycles. The minimum atomic E-state index is -0.406. The van der Waals surface area contributed by atoms with Gasteiger partial charge in [0, 0.05) is 17.4 Å². The lowest BCUT2D eigenvalue weighted by Gasteiger charge is -2.11. The summed E-state index contributed by atoms with van der Waals surface area (Å²) in [7, 11) is 0. The highest BCUT2D eigenvalue weighted by Gasteiger charge is 2.12.